The molecule has 0 aliphatic rings. The number of aromatic nitrogens is 2. The summed E-state index contributed by atoms with van der Waals surface area (Å²) in [7, 11) is 0. The molecule has 0 atom stereocenters. The molecule has 88 valence electrons. The number of aromatic amines is 1. The summed E-state index contributed by atoms with van der Waals surface area (Å²) in [6.07, 6.45) is 1.52. The summed E-state index contributed by atoms with van der Waals surface area (Å²) in [5.41, 5.74) is 1.70. The Labute approximate surface area is 102 Å². The number of nitrogens with zero attached hydrogens (tertiary/aromatic N) is 1. The van der Waals surface area contributed by atoms with Gasteiger partial charge >= 0.3 is 0 Å². The first kappa shape index (κ1) is 11.5. The second-order valence-corrected chi connectivity index (χ2v) is 4.46. The molecule has 2 N–H and O–H groups in total. The maximum absolute atomic E-state index is 11.8. The van der Waals surface area contributed by atoms with E-state index in [2.05, 4.69) is 15.3 Å². The average molecular weight is 249 g/mol. The van der Waals surface area contributed by atoms with Gasteiger partial charge in [0.1, 0.15) is 5.69 Å². The third-order valence-electron chi connectivity index (χ3n) is 2.17. The molecule has 0 spiro atoms. The molecule has 0 aliphatic heterocycles. The quantitative estimate of drug-likeness (QED) is 0.819. The van der Waals surface area contributed by atoms with Crippen molar-refractivity contribution in [2.45, 2.75) is 13.8 Å². The Morgan fingerprint density at radius 1 is 1.47 bits per heavy atom. The fourth-order valence-electron chi connectivity index (χ4n) is 1.30. The van der Waals surface area contributed by atoms with E-state index in [0.29, 0.717) is 16.4 Å². The lowest BCUT2D eigenvalue weighted by Gasteiger charge is -1.97. The van der Waals surface area contributed by atoms with E-state index in [9.17, 15) is 9.59 Å². The van der Waals surface area contributed by atoms with Crippen molar-refractivity contribution >= 4 is 28.2 Å². The number of nitrogens with one attached hydrogen (secondary N) is 2. The van der Waals surface area contributed by atoms with Crippen LogP contribution in [-0.2, 0) is 0 Å². The van der Waals surface area contributed by atoms with E-state index in [-0.39, 0.29) is 11.7 Å². The van der Waals surface area contributed by atoms with Crippen LogP contribution in [0.2, 0.25) is 0 Å². The normalized spacial score (nSPS) is 10.2. The van der Waals surface area contributed by atoms with E-state index in [1.165, 1.54) is 30.5 Å². The second kappa shape index (κ2) is 4.50. The minimum atomic E-state index is -0.299. The SMILES string of the molecule is CC(=O)c1c[nH]c(C(=O)Nc2nc(C)cs2)c1. The van der Waals surface area contributed by atoms with E-state index in [1.54, 1.807) is 0 Å². The van der Waals surface area contributed by atoms with Gasteiger partial charge in [0.15, 0.2) is 10.9 Å². The molecule has 0 bridgehead atoms. The lowest BCUT2D eigenvalue weighted by Crippen LogP contribution is -2.11. The van der Waals surface area contributed by atoms with Crippen LogP contribution in [0.3, 0.4) is 0 Å². The summed E-state index contributed by atoms with van der Waals surface area (Å²) >= 11 is 1.36. The summed E-state index contributed by atoms with van der Waals surface area (Å²) in [6, 6.07) is 1.53. The van der Waals surface area contributed by atoms with Crippen LogP contribution in [0.15, 0.2) is 17.6 Å². The monoisotopic (exact) mass is 249 g/mol. The minimum absolute atomic E-state index is 0.0783. The molecule has 0 aromatic carbocycles. The zero-order valence-electron chi connectivity index (χ0n) is 9.40. The third-order valence-corrected chi connectivity index (χ3v) is 3.05. The van der Waals surface area contributed by atoms with Crippen molar-refractivity contribution in [3.05, 3.63) is 34.6 Å². The molecule has 2 rings (SSSR count). The van der Waals surface area contributed by atoms with Crippen molar-refractivity contribution in [2.75, 3.05) is 5.32 Å². The topological polar surface area (TPSA) is 74.8 Å². The molecule has 6 heteroatoms. The van der Waals surface area contributed by atoms with Crippen molar-refractivity contribution in [3.63, 3.8) is 0 Å². The Bertz CT molecular complexity index is 571. The van der Waals surface area contributed by atoms with Gasteiger partial charge in [0, 0.05) is 17.1 Å². The predicted octanol–water partition coefficient (Wildman–Crippen LogP) is 2.23. The Kier molecular flexibility index (Phi) is 3.06. The van der Waals surface area contributed by atoms with Crippen molar-refractivity contribution in [3.8, 4) is 0 Å². The Balaban J connectivity index is 2.11. The van der Waals surface area contributed by atoms with E-state index >= 15 is 0 Å². The van der Waals surface area contributed by atoms with Gasteiger partial charge in [-0.3, -0.25) is 14.9 Å². The smallest absolute Gasteiger partial charge is 0.273 e. The Morgan fingerprint density at radius 3 is 2.76 bits per heavy atom. The molecule has 0 unspecified atom stereocenters. The van der Waals surface area contributed by atoms with Crippen LogP contribution in [-0.4, -0.2) is 21.7 Å². The number of rotatable bonds is 3. The van der Waals surface area contributed by atoms with Crippen LogP contribution in [0.4, 0.5) is 5.13 Å². The number of H-pyrrole nitrogens is 1. The van der Waals surface area contributed by atoms with E-state index in [0.717, 1.165) is 5.69 Å². The minimum Gasteiger partial charge on any atom is -0.356 e. The molecule has 0 fully saturated rings. The highest BCUT2D eigenvalue weighted by Crippen LogP contribution is 2.15. The first-order valence-corrected chi connectivity index (χ1v) is 5.87. The molecule has 1 amide bonds. The number of hydrogen-bond acceptors (Lipinski definition) is 4. The summed E-state index contributed by atoms with van der Waals surface area (Å²) in [5, 5.41) is 5.06. The van der Waals surface area contributed by atoms with Gasteiger partial charge in [-0.1, -0.05) is 0 Å². The molecule has 2 aromatic rings. The number of carbonyl (C=O) groups excluding carboxylic acids is 2. The van der Waals surface area contributed by atoms with Gasteiger partial charge < -0.3 is 4.98 Å². The van der Waals surface area contributed by atoms with Crippen molar-refractivity contribution < 1.29 is 9.59 Å². The number of amides is 1. The maximum Gasteiger partial charge on any atom is 0.273 e. The fraction of sp³-hybridized carbons (Fsp3) is 0.182. The summed E-state index contributed by atoms with van der Waals surface area (Å²) in [4.78, 5) is 29.7. The van der Waals surface area contributed by atoms with Gasteiger partial charge in [-0.25, -0.2) is 4.98 Å². The van der Waals surface area contributed by atoms with Crippen LogP contribution in [0.1, 0.15) is 33.5 Å². The highest BCUT2D eigenvalue weighted by Gasteiger charge is 2.12. The van der Waals surface area contributed by atoms with Gasteiger partial charge in [-0.2, -0.15) is 0 Å². The van der Waals surface area contributed by atoms with Gasteiger partial charge in [-0.15, -0.1) is 11.3 Å². The zero-order chi connectivity index (χ0) is 12.4. The van der Waals surface area contributed by atoms with Gasteiger partial charge in [0.2, 0.25) is 0 Å². The predicted molar refractivity (Wildman–Crippen MR) is 65.6 cm³/mol. The van der Waals surface area contributed by atoms with Crippen LogP contribution < -0.4 is 5.32 Å². The lowest BCUT2D eigenvalue weighted by atomic mass is 10.2. The molecular weight excluding hydrogens is 238 g/mol. The zero-order valence-corrected chi connectivity index (χ0v) is 10.2. The van der Waals surface area contributed by atoms with Crippen LogP contribution in [0.25, 0.3) is 0 Å². The largest absolute Gasteiger partial charge is 0.356 e. The Morgan fingerprint density at radius 2 is 2.24 bits per heavy atom. The molecular formula is C11H11N3O2S. The number of thiazole rings is 1. The van der Waals surface area contributed by atoms with Crippen LogP contribution in [0.5, 0.6) is 0 Å². The van der Waals surface area contributed by atoms with Crippen molar-refractivity contribution in [1.82, 2.24) is 9.97 Å². The summed E-state index contributed by atoms with van der Waals surface area (Å²) in [6.45, 7) is 3.31. The van der Waals surface area contributed by atoms with E-state index < -0.39 is 0 Å². The molecule has 0 aliphatic carbocycles. The van der Waals surface area contributed by atoms with Crippen LogP contribution in [0, 0.1) is 6.92 Å². The van der Waals surface area contributed by atoms with Crippen molar-refractivity contribution in [1.29, 1.82) is 0 Å². The highest BCUT2D eigenvalue weighted by molar-refractivity contribution is 7.13. The number of anilines is 1. The number of aryl methyl sites for hydroxylation is 1. The molecule has 2 heterocycles. The van der Waals surface area contributed by atoms with Crippen molar-refractivity contribution in [2.24, 2.45) is 0 Å². The van der Waals surface area contributed by atoms with Gasteiger partial charge in [0.05, 0.1) is 5.69 Å². The fourth-order valence-corrected chi connectivity index (χ4v) is 1.99. The maximum atomic E-state index is 11.8. The van der Waals surface area contributed by atoms with Crippen LogP contribution >= 0.6 is 11.3 Å². The lowest BCUT2D eigenvalue weighted by molar-refractivity contribution is 0.101. The third kappa shape index (κ3) is 2.59. The summed E-state index contributed by atoms with van der Waals surface area (Å²) in [5.74, 6) is -0.378. The van der Waals surface area contributed by atoms with E-state index in [1.807, 2.05) is 12.3 Å². The summed E-state index contributed by atoms with van der Waals surface area (Å²) < 4.78 is 0. The first-order valence-electron chi connectivity index (χ1n) is 4.99. The first-order chi connectivity index (χ1) is 8.06. The molecule has 2 aromatic heterocycles. The average Bonchev–Trinajstić information content (AvgIpc) is 2.86. The number of carbonyl (C=O) groups is 2. The molecule has 0 saturated heterocycles. The molecule has 5 nitrogen and oxygen atoms in total. The number of ketones is 1. The standard InChI is InChI=1S/C11H11N3O2S/c1-6-5-17-11(13-6)14-10(16)9-3-8(4-12-9)7(2)15/h3-5,12H,1-2H3,(H,13,14,16). The Hall–Kier alpha value is -1.95. The molecule has 17 heavy (non-hydrogen) atoms. The molecule has 0 saturated carbocycles. The van der Waals surface area contributed by atoms with Gasteiger partial charge in [-0.05, 0) is 19.9 Å². The second-order valence-electron chi connectivity index (χ2n) is 3.61. The number of Topliss-reactive ketones (excluding diaryl/α,β-unsaturated/α-hetero) is 1. The number of hydrogen-bond donors (Lipinski definition) is 2. The van der Waals surface area contributed by atoms with Gasteiger partial charge in [0.25, 0.3) is 5.91 Å². The van der Waals surface area contributed by atoms with E-state index in [4.69, 9.17) is 0 Å². The molecule has 0 radical (unpaired) electrons. The highest BCUT2D eigenvalue weighted by atomic mass is 32.1.